The van der Waals surface area contributed by atoms with Crippen molar-refractivity contribution >= 4 is 17.6 Å². The van der Waals surface area contributed by atoms with Gasteiger partial charge in [-0.15, -0.1) is 0 Å². The summed E-state index contributed by atoms with van der Waals surface area (Å²) in [5.41, 5.74) is 1.04. The van der Waals surface area contributed by atoms with Gasteiger partial charge in [0.05, 0.1) is 12.6 Å². The predicted octanol–water partition coefficient (Wildman–Crippen LogP) is 1.05. The first-order valence-electron chi connectivity index (χ1n) is 8.62. The molecule has 0 heterocycles. The van der Waals surface area contributed by atoms with Crippen molar-refractivity contribution in [3.63, 3.8) is 0 Å². The Morgan fingerprint density at radius 3 is 2.16 bits per heavy atom. The van der Waals surface area contributed by atoms with E-state index in [-0.39, 0.29) is 30.1 Å². The third-order valence-electron chi connectivity index (χ3n) is 3.80. The molecule has 138 valence electrons. The largest absolute Gasteiger partial charge is 0.347 e. The highest BCUT2D eigenvalue weighted by molar-refractivity contribution is 5.91. The molecule has 2 amide bonds. The minimum absolute atomic E-state index is 0.0250. The second-order valence-electron chi connectivity index (χ2n) is 6.64. The highest BCUT2D eigenvalue weighted by Gasteiger charge is 2.25. The molecule has 3 N–H and O–H groups in total. The molecule has 0 saturated carbocycles. The summed E-state index contributed by atoms with van der Waals surface area (Å²) in [5, 5.41) is 8.39. The van der Waals surface area contributed by atoms with E-state index in [0.717, 1.165) is 5.56 Å². The first-order chi connectivity index (χ1) is 11.8. The number of ketones is 1. The minimum atomic E-state index is -0.654. The third-order valence-corrected chi connectivity index (χ3v) is 3.80. The van der Waals surface area contributed by atoms with Crippen LogP contribution in [0.25, 0.3) is 0 Å². The van der Waals surface area contributed by atoms with Crippen molar-refractivity contribution in [3.8, 4) is 0 Å². The van der Waals surface area contributed by atoms with E-state index in [0.29, 0.717) is 12.8 Å². The van der Waals surface area contributed by atoms with Gasteiger partial charge in [0, 0.05) is 0 Å². The van der Waals surface area contributed by atoms with Gasteiger partial charge in [0.2, 0.25) is 11.8 Å². The summed E-state index contributed by atoms with van der Waals surface area (Å²) in [6.45, 7) is 5.35. The number of benzene rings is 1. The van der Waals surface area contributed by atoms with Gasteiger partial charge in [0.15, 0.2) is 0 Å². The number of carbonyl (C=O) groups excluding carboxylic acids is 3. The fourth-order valence-electron chi connectivity index (χ4n) is 2.49. The molecule has 25 heavy (non-hydrogen) atoms. The van der Waals surface area contributed by atoms with Crippen molar-refractivity contribution < 1.29 is 14.4 Å². The zero-order chi connectivity index (χ0) is 18.8. The monoisotopic (exact) mass is 347 g/mol. The molecule has 0 aliphatic carbocycles. The number of carbonyl (C=O) groups is 3. The number of amides is 2. The van der Waals surface area contributed by atoms with Gasteiger partial charge in [-0.05, 0) is 38.3 Å². The second-order valence-corrected chi connectivity index (χ2v) is 6.64. The van der Waals surface area contributed by atoms with Gasteiger partial charge >= 0.3 is 0 Å². The van der Waals surface area contributed by atoms with Crippen LogP contribution in [-0.4, -0.2) is 43.3 Å². The standard InChI is InChI=1S/C19H29N3O3/c1-13(2)10-17(18(24)21-12-14(3)23)22-19(25)16(20-4)11-15-8-6-5-7-9-15/h5-9,13,16-17,20H,10-12H2,1-4H3,(H,21,24)(H,22,25). The lowest BCUT2D eigenvalue weighted by Crippen LogP contribution is -2.53. The zero-order valence-electron chi connectivity index (χ0n) is 15.5. The molecule has 6 heteroatoms. The molecule has 6 nitrogen and oxygen atoms in total. The highest BCUT2D eigenvalue weighted by atomic mass is 16.2. The van der Waals surface area contributed by atoms with E-state index in [2.05, 4.69) is 16.0 Å². The lowest BCUT2D eigenvalue weighted by atomic mass is 10.0. The smallest absolute Gasteiger partial charge is 0.242 e. The normalized spacial score (nSPS) is 13.2. The SMILES string of the molecule is CNC(Cc1ccccc1)C(=O)NC(CC(C)C)C(=O)NCC(C)=O. The number of rotatable bonds is 10. The van der Waals surface area contributed by atoms with Crippen LogP contribution in [0, 0.1) is 5.92 Å². The number of likely N-dealkylation sites (N-methyl/N-ethyl adjacent to an activating group) is 1. The van der Waals surface area contributed by atoms with Crippen molar-refractivity contribution in [3.05, 3.63) is 35.9 Å². The van der Waals surface area contributed by atoms with Crippen molar-refractivity contribution in [2.24, 2.45) is 5.92 Å². The van der Waals surface area contributed by atoms with Gasteiger partial charge in [-0.25, -0.2) is 0 Å². The maximum Gasteiger partial charge on any atom is 0.242 e. The summed E-state index contributed by atoms with van der Waals surface area (Å²) in [4.78, 5) is 35.9. The Labute approximate surface area is 149 Å². The van der Waals surface area contributed by atoms with Gasteiger partial charge in [-0.3, -0.25) is 14.4 Å². The van der Waals surface area contributed by atoms with Gasteiger partial charge in [0.25, 0.3) is 0 Å². The van der Waals surface area contributed by atoms with E-state index in [1.165, 1.54) is 6.92 Å². The molecule has 0 fully saturated rings. The topological polar surface area (TPSA) is 87.3 Å². The van der Waals surface area contributed by atoms with Crippen LogP contribution in [-0.2, 0) is 20.8 Å². The molecule has 1 rings (SSSR count). The first-order valence-corrected chi connectivity index (χ1v) is 8.62. The van der Waals surface area contributed by atoms with E-state index in [1.807, 2.05) is 44.2 Å². The van der Waals surface area contributed by atoms with E-state index in [9.17, 15) is 14.4 Å². The fourth-order valence-corrected chi connectivity index (χ4v) is 2.49. The van der Waals surface area contributed by atoms with Gasteiger partial charge < -0.3 is 16.0 Å². The maximum atomic E-state index is 12.6. The Morgan fingerprint density at radius 2 is 1.64 bits per heavy atom. The molecule has 0 radical (unpaired) electrons. The molecule has 0 aliphatic rings. The molecule has 0 bridgehead atoms. The molecule has 0 aromatic heterocycles. The fraction of sp³-hybridized carbons (Fsp3) is 0.526. The van der Waals surface area contributed by atoms with Crippen LogP contribution < -0.4 is 16.0 Å². The first kappa shape index (κ1) is 20.8. The van der Waals surface area contributed by atoms with Gasteiger partial charge in [0.1, 0.15) is 11.8 Å². The molecule has 0 saturated heterocycles. The van der Waals surface area contributed by atoms with Crippen molar-refractivity contribution in [1.82, 2.24) is 16.0 Å². The van der Waals surface area contributed by atoms with E-state index >= 15 is 0 Å². The number of nitrogens with one attached hydrogen (secondary N) is 3. The van der Waals surface area contributed by atoms with E-state index < -0.39 is 12.1 Å². The summed E-state index contributed by atoms with van der Waals surface area (Å²) in [6, 6.07) is 8.62. The second kappa shape index (κ2) is 10.6. The number of hydrogen-bond acceptors (Lipinski definition) is 4. The molecule has 1 aromatic carbocycles. The van der Waals surface area contributed by atoms with Crippen LogP contribution in [0.4, 0.5) is 0 Å². The number of hydrogen-bond donors (Lipinski definition) is 3. The summed E-state index contributed by atoms with van der Waals surface area (Å²) >= 11 is 0. The third kappa shape index (κ3) is 7.94. The van der Waals surface area contributed by atoms with Crippen molar-refractivity contribution in [2.75, 3.05) is 13.6 Å². The Bertz CT molecular complexity index is 573. The molecular formula is C19H29N3O3. The summed E-state index contributed by atoms with van der Waals surface area (Å²) in [7, 11) is 1.72. The highest BCUT2D eigenvalue weighted by Crippen LogP contribution is 2.07. The quantitative estimate of drug-likeness (QED) is 0.590. The summed E-state index contributed by atoms with van der Waals surface area (Å²) in [5.74, 6) is -0.447. The number of Topliss-reactive ketones (excluding diaryl/α,β-unsaturated/α-hetero) is 1. The van der Waals surface area contributed by atoms with E-state index in [1.54, 1.807) is 7.05 Å². The molecular weight excluding hydrogens is 318 g/mol. The Balaban J connectivity index is 2.73. The average molecular weight is 347 g/mol. The minimum Gasteiger partial charge on any atom is -0.347 e. The van der Waals surface area contributed by atoms with Crippen LogP contribution in [0.5, 0.6) is 0 Å². The van der Waals surface area contributed by atoms with Crippen LogP contribution in [0.15, 0.2) is 30.3 Å². The molecule has 0 aliphatic heterocycles. The average Bonchev–Trinajstić information content (AvgIpc) is 2.57. The van der Waals surface area contributed by atoms with Crippen LogP contribution in [0.3, 0.4) is 0 Å². The van der Waals surface area contributed by atoms with Crippen LogP contribution in [0.2, 0.25) is 0 Å². The lowest BCUT2D eigenvalue weighted by Gasteiger charge is -2.23. The van der Waals surface area contributed by atoms with Crippen molar-refractivity contribution in [2.45, 2.75) is 45.7 Å². The van der Waals surface area contributed by atoms with Crippen LogP contribution >= 0.6 is 0 Å². The van der Waals surface area contributed by atoms with Gasteiger partial charge in [-0.1, -0.05) is 44.2 Å². The predicted molar refractivity (Wildman–Crippen MR) is 98.1 cm³/mol. The molecule has 2 unspecified atom stereocenters. The Kier molecular flexibility index (Phi) is 8.84. The molecule has 0 spiro atoms. The lowest BCUT2D eigenvalue weighted by molar-refractivity contribution is -0.131. The summed E-state index contributed by atoms with van der Waals surface area (Å²) < 4.78 is 0. The van der Waals surface area contributed by atoms with E-state index in [4.69, 9.17) is 0 Å². The Hall–Kier alpha value is -2.21. The van der Waals surface area contributed by atoms with Crippen LogP contribution in [0.1, 0.15) is 32.8 Å². The molecule has 1 aromatic rings. The molecule has 2 atom stereocenters. The van der Waals surface area contributed by atoms with Gasteiger partial charge in [-0.2, -0.15) is 0 Å². The Morgan fingerprint density at radius 1 is 1.00 bits per heavy atom. The summed E-state index contributed by atoms with van der Waals surface area (Å²) in [6.07, 6.45) is 1.05. The van der Waals surface area contributed by atoms with Crippen molar-refractivity contribution in [1.29, 1.82) is 0 Å². The zero-order valence-corrected chi connectivity index (χ0v) is 15.5. The maximum absolute atomic E-state index is 12.6.